The van der Waals surface area contributed by atoms with Gasteiger partial charge in [-0.3, -0.25) is 0 Å². The zero-order valence-electron chi connectivity index (χ0n) is 6.23. The molecule has 0 rings (SSSR count). The van der Waals surface area contributed by atoms with Gasteiger partial charge in [0.15, 0.2) is 0 Å². The molecule has 0 radical (unpaired) electrons. The summed E-state index contributed by atoms with van der Waals surface area (Å²) < 4.78 is 4.90. The average Bonchev–Trinajstić information content (AvgIpc) is 1.81. The second kappa shape index (κ2) is 10.5. The molecule has 0 heterocycles. The van der Waals surface area contributed by atoms with Crippen molar-refractivity contribution in [3.8, 4) is 0 Å². The molecule has 2 nitrogen and oxygen atoms in total. The van der Waals surface area contributed by atoms with E-state index in [-0.39, 0.29) is 6.15 Å². The topological polar surface area (TPSA) is 44.2 Å². The van der Waals surface area contributed by atoms with Crippen LogP contribution in [0, 0.1) is 0 Å². The number of hydrogen-bond donors (Lipinski definition) is 1. The van der Waals surface area contributed by atoms with Crippen molar-refractivity contribution in [1.82, 2.24) is 6.15 Å². The van der Waals surface area contributed by atoms with Gasteiger partial charge in [-0.2, -0.15) is 0 Å². The SMILES string of the molecule is C=COCCCCC.N. The molecule has 0 aliphatic rings. The molecule has 0 atom stereocenters. The van der Waals surface area contributed by atoms with Crippen LogP contribution < -0.4 is 6.15 Å². The summed E-state index contributed by atoms with van der Waals surface area (Å²) in [5.74, 6) is 0. The summed E-state index contributed by atoms with van der Waals surface area (Å²) in [6.45, 7) is 6.44. The van der Waals surface area contributed by atoms with E-state index in [0.29, 0.717) is 0 Å². The van der Waals surface area contributed by atoms with Gasteiger partial charge in [-0.15, -0.1) is 0 Å². The van der Waals surface area contributed by atoms with Crippen molar-refractivity contribution in [1.29, 1.82) is 0 Å². The van der Waals surface area contributed by atoms with E-state index in [2.05, 4.69) is 13.5 Å². The smallest absolute Gasteiger partial charge is 0.0873 e. The van der Waals surface area contributed by atoms with Gasteiger partial charge >= 0.3 is 0 Å². The van der Waals surface area contributed by atoms with E-state index in [4.69, 9.17) is 4.74 Å². The molecular weight excluding hydrogens is 114 g/mol. The van der Waals surface area contributed by atoms with Gasteiger partial charge in [0, 0.05) is 0 Å². The molecule has 0 spiro atoms. The number of hydrogen-bond acceptors (Lipinski definition) is 2. The largest absolute Gasteiger partial charge is 0.502 e. The van der Waals surface area contributed by atoms with Crippen molar-refractivity contribution >= 4 is 0 Å². The van der Waals surface area contributed by atoms with Gasteiger partial charge in [0.1, 0.15) is 0 Å². The highest BCUT2D eigenvalue weighted by atomic mass is 16.5. The lowest BCUT2D eigenvalue weighted by Gasteiger charge is -1.96. The molecule has 0 aliphatic carbocycles. The summed E-state index contributed by atoms with van der Waals surface area (Å²) in [6.07, 6.45) is 5.16. The van der Waals surface area contributed by atoms with E-state index < -0.39 is 0 Å². The minimum atomic E-state index is 0. The Labute approximate surface area is 57.5 Å². The van der Waals surface area contributed by atoms with E-state index in [1.165, 1.54) is 19.1 Å². The van der Waals surface area contributed by atoms with E-state index in [1.807, 2.05) is 0 Å². The lowest BCUT2D eigenvalue weighted by molar-refractivity contribution is 0.243. The zero-order valence-corrected chi connectivity index (χ0v) is 6.23. The fourth-order valence-electron chi connectivity index (χ4n) is 0.519. The summed E-state index contributed by atoms with van der Waals surface area (Å²) in [4.78, 5) is 0. The van der Waals surface area contributed by atoms with Crippen LogP contribution in [0.3, 0.4) is 0 Å². The van der Waals surface area contributed by atoms with Crippen molar-refractivity contribution in [2.75, 3.05) is 6.61 Å². The van der Waals surface area contributed by atoms with Gasteiger partial charge in [0.2, 0.25) is 0 Å². The van der Waals surface area contributed by atoms with Crippen molar-refractivity contribution in [2.24, 2.45) is 0 Å². The molecule has 0 saturated carbocycles. The molecule has 9 heavy (non-hydrogen) atoms. The third-order valence-corrected chi connectivity index (χ3v) is 0.984. The molecule has 0 saturated heterocycles. The highest BCUT2D eigenvalue weighted by Gasteiger charge is 1.81. The minimum Gasteiger partial charge on any atom is -0.502 e. The fourth-order valence-corrected chi connectivity index (χ4v) is 0.519. The maximum Gasteiger partial charge on any atom is 0.0873 e. The predicted molar refractivity (Wildman–Crippen MR) is 40.7 cm³/mol. The van der Waals surface area contributed by atoms with E-state index in [0.717, 1.165) is 13.0 Å². The first-order chi connectivity index (χ1) is 3.91. The van der Waals surface area contributed by atoms with Crippen LogP contribution in [-0.2, 0) is 4.74 Å². The minimum absolute atomic E-state index is 0. The third kappa shape index (κ3) is 11.2. The van der Waals surface area contributed by atoms with Crippen LogP contribution in [0.4, 0.5) is 0 Å². The Bertz CT molecular complexity index is 54.9. The molecule has 0 aromatic rings. The molecule has 0 fully saturated rings. The van der Waals surface area contributed by atoms with E-state index >= 15 is 0 Å². The number of unbranched alkanes of at least 4 members (excludes halogenated alkanes) is 2. The lowest BCUT2D eigenvalue weighted by Crippen LogP contribution is -1.84. The summed E-state index contributed by atoms with van der Waals surface area (Å²) in [7, 11) is 0. The predicted octanol–water partition coefficient (Wildman–Crippen LogP) is 2.50. The molecule has 2 heteroatoms. The number of rotatable bonds is 5. The molecule has 56 valence electrons. The summed E-state index contributed by atoms with van der Waals surface area (Å²) in [5.41, 5.74) is 0. The Morgan fingerprint density at radius 2 is 2.11 bits per heavy atom. The first kappa shape index (κ1) is 11.3. The Kier molecular flexibility index (Phi) is 13.2. The van der Waals surface area contributed by atoms with Crippen LogP contribution in [0.1, 0.15) is 26.2 Å². The van der Waals surface area contributed by atoms with Gasteiger partial charge < -0.3 is 10.9 Å². The highest BCUT2D eigenvalue weighted by Crippen LogP contribution is 1.93. The Morgan fingerprint density at radius 1 is 1.44 bits per heavy atom. The van der Waals surface area contributed by atoms with E-state index in [1.54, 1.807) is 0 Å². The highest BCUT2D eigenvalue weighted by molar-refractivity contribution is 4.48. The number of ether oxygens (including phenoxy) is 1. The summed E-state index contributed by atoms with van der Waals surface area (Å²) in [6, 6.07) is 0. The molecular formula is C7H17NO. The quantitative estimate of drug-likeness (QED) is 0.460. The van der Waals surface area contributed by atoms with Crippen molar-refractivity contribution in [2.45, 2.75) is 26.2 Å². The Balaban J connectivity index is 0. The van der Waals surface area contributed by atoms with Crippen LogP contribution in [0.25, 0.3) is 0 Å². The van der Waals surface area contributed by atoms with Crippen LogP contribution in [-0.4, -0.2) is 6.61 Å². The molecule has 0 aromatic heterocycles. The van der Waals surface area contributed by atoms with Crippen LogP contribution >= 0.6 is 0 Å². The van der Waals surface area contributed by atoms with Crippen molar-refractivity contribution < 1.29 is 4.74 Å². The lowest BCUT2D eigenvalue weighted by atomic mass is 10.3. The molecule has 0 aliphatic heterocycles. The molecule has 0 amide bonds. The zero-order chi connectivity index (χ0) is 6.24. The summed E-state index contributed by atoms with van der Waals surface area (Å²) in [5, 5.41) is 0. The van der Waals surface area contributed by atoms with Crippen molar-refractivity contribution in [3.63, 3.8) is 0 Å². The van der Waals surface area contributed by atoms with Gasteiger partial charge in [0.05, 0.1) is 12.9 Å². The van der Waals surface area contributed by atoms with Crippen molar-refractivity contribution in [3.05, 3.63) is 12.8 Å². The van der Waals surface area contributed by atoms with Gasteiger partial charge in [0.25, 0.3) is 0 Å². The maximum atomic E-state index is 4.90. The standard InChI is InChI=1S/C7H14O.H3N/c1-3-5-6-7-8-4-2;/h4H,2-3,5-7H2,1H3;1H3. The molecule has 0 aromatic carbocycles. The van der Waals surface area contributed by atoms with E-state index in [9.17, 15) is 0 Å². The second-order valence-electron chi connectivity index (χ2n) is 1.74. The average molecular weight is 131 g/mol. The van der Waals surface area contributed by atoms with Crippen LogP contribution in [0.15, 0.2) is 12.8 Å². The summed E-state index contributed by atoms with van der Waals surface area (Å²) >= 11 is 0. The van der Waals surface area contributed by atoms with Gasteiger partial charge in [-0.25, -0.2) is 0 Å². The Hall–Kier alpha value is -0.500. The van der Waals surface area contributed by atoms with Crippen LogP contribution in [0.2, 0.25) is 0 Å². The molecule has 0 bridgehead atoms. The second-order valence-corrected chi connectivity index (χ2v) is 1.74. The fraction of sp³-hybridized carbons (Fsp3) is 0.714. The third-order valence-electron chi connectivity index (χ3n) is 0.984. The first-order valence-electron chi connectivity index (χ1n) is 3.14. The van der Waals surface area contributed by atoms with Gasteiger partial charge in [-0.1, -0.05) is 26.3 Å². The monoisotopic (exact) mass is 131 g/mol. The van der Waals surface area contributed by atoms with Crippen LogP contribution in [0.5, 0.6) is 0 Å². The molecule has 3 N–H and O–H groups in total. The van der Waals surface area contributed by atoms with Gasteiger partial charge in [-0.05, 0) is 6.42 Å². The first-order valence-corrected chi connectivity index (χ1v) is 3.14. The Morgan fingerprint density at radius 3 is 2.56 bits per heavy atom. The maximum absolute atomic E-state index is 4.90. The normalized spacial score (nSPS) is 7.67. The molecule has 0 unspecified atom stereocenters.